The predicted molar refractivity (Wildman–Crippen MR) is 118 cm³/mol. The van der Waals surface area contributed by atoms with Crippen molar-refractivity contribution < 1.29 is 14.3 Å². The summed E-state index contributed by atoms with van der Waals surface area (Å²) in [6.07, 6.45) is -0.336. The van der Waals surface area contributed by atoms with Gasteiger partial charge in [0.1, 0.15) is 0 Å². The third-order valence-electron chi connectivity index (χ3n) is 4.68. The van der Waals surface area contributed by atoms with E-state index in [1.807, 2.05) is 74.9 Å². The van der Waals surface area contributed by atoms with Crippen molar-refractivity contribution in [1.29, 1.82) is 0 Å². The van der Waals surface area contributed by atoms with Crippen molar-refractivity contribution in [3.63, 3.8) is 0 Å². The summed E-state index contributed by atoms with van der Waals surface area (Å²) in [5, 5.41) is 12.1. The molecular formula is C22H26N4O3S. The van der Waals surface area contributed by atoms with Crippen LogP contribution in [-0.2, 0) is 11.8 Å². The number of hydrogen-bond donors (Lipinski definition) is 1. The zero-order valence-corrected chi connectivity index (χ0v) is 18.6. The van der Waals surface area contributed by atoms with Crippen LogP contribution in [0.25, 0.3) is 0 Å². The number of rotatable bonds is 8. The first-order valence-electron chi connectivity index (χ1n) is 9.58. The highest BCUT2D eigenvalue weighted by Crippen LogP contribution is 2.30. The molecule has 8 heteroatoms. The van der Waals surface area contributed by atoms with E-state index in [0.29, 0.717) is 22.5 Å². The van der Waals surface area contributed by atoms with Crippen LogP contribution in [0.15, 0.2) is 47.6 Å². The second-order valence-corrected chi connectivity index (χ2v) is 7.86. The number of aryl methyl sites for hydroxylation is 2. The van der Waals surface area contributed by atoms with Gasteiger partial charge in [-0.1, -0.05) is 42.1 Å². The molecule has 7 nitrogen and oxygen atoms in total. The zero-order valence-electron chi connectivity index (χ0n) is 17.8. The molecular weight excluding hydrogens is 400 g/mol. The molecule has 3 rings (SSSR count). The number of hydrogen-bond acceptors (Lipinski definition) is 6. The number of benzene rings is 2. The number of carbonyl (C=O) groups excluding carboxylic acids is 1. The Labute approximate surface area is 180 Å². The Morgan fingerprint density at radius 2 is 1.77 bits per heavy atom. The van der Waals surface area contributed by atoms with E-state index in [1.54, 1.807) is 7.11 Å². The van der Waals surface area contributed by atoms with E-state index in [2.05, 4.69) is 15.5 Å². The Hall–Kier alpha value is -3.00. The van der Waals surface area contributed by atoms with Crippen LogP contribution in [0, 0.1) is 13.8 Å². The Bertz CT molecular complexity index is 1010. The van der Waals surface area contributed by atoms with Crippen molar-refractivity contribution in [3.8, 4) is 11.5 Å². The summed E-state index contributed by atoms with van der Waals surface area (Å²) in [6.45, 7) is 5.86. The highest BCUT2D eigenvalue weighted by molar-refractivity contribution is 7.99. The van der Waals surface area contributed by atoms with Gasteiger partial charge >= 0.3 is 0 Å². The van der Waals surface area contributed by atoms with Gasteiger partial charge in [-0.2, -0.15) is 0 Å². The SMILES string of the molecule is COc1ccccc1OC(C)c1nnc(SCC(=O)Nc2c(C)cccc2C)n1C. The monoisotopic (exact) mass is 426 g/mol. The molecule has 0 radical (unpaired) electrons. The fourth-order valence-corrected chi connectivity index (χ4v) is 3.80. The van der Waals surface area contributed by atoms with E-state index in [1.165, 1.54) is 11.8 Å². The van der Waals surface area contributed by atoms with Gasteiger partial charge < -0.3 is 19.4 Å². The van der Waals surface area contributed by atoms with Crippen LogP contribution in [0.3, 0.4) is 0 Å². The average molecular weight is 427 g/mol. The summed E-state index contributed by atoms with van der Waals surface area (Å²) in [6, 6.07) is 13.4. The maximum atomic E-state index is 12.4. The van der Waals surface area contributed by atoms with Crippen molar-refractivity contribution in [2.75, 3.05) is 18.2 Å². The van der Waals surface area contributed by atoms with Crippen molar-refractivity contribution in [3.05, 3.63) is 59.4 Å². The largest absolute Gasteiger partial charge is 0.493 e. The van der Waals surface area contributed by atoms with Gasteiger partial charge in [-0.3, -0.25) is 4.79 Å². The van der Waals surface area contributed by atoms with Crippen LogP contribution < -0.4 is 14.8 Å². The summed E-state index contributed by atoms with van der Waals surface area (Å²) >= 11 is 1.34. The molecule has 158 valence electrons. The quantitative estimate of drug-likeness (QED) is 0.541. The van der Waals surface area contributed by atoms with Gasteiger partial charge in [0.15, 0.2) is 28.6 Å². The molecule has 1 heterocycles. The summed E-state index contributed by atoms with van der Waals surface area (Å²) in [5.41, 5.74) is 2.94. The van der Waals surface area contributed by atoms with Gasteiger partial charge in [-0.15, -0.1) is 10.2 Å². The Morgan fingerprint density at radius 1 is 1.10 bits per heavy atom. The first-order valence-corrected chi connectivity index (χ1v) is 10.6. The summed E-state index contributed by atoms with van der Waals surface area (Å²) in [4.78, 5) is 12.4. The van der Waals surface area contributed by atoms with Gasteiger partial charge in [0.25, 0.3) is 0 Å². The van der Waals surface area contributed by atoms with Crippen molar-refractivity contribution >= 4 is 23.4 Å². The number of methoxy groups -OCH3 is 1. The molecule has 0 fully saturated rings. The van der Waals surface area contributed by atoms with Crippen LogP contribution in [0.2, 0.25) is 0 Å². The predicted octanol–water partition coefficient (Wildman–Crippen LogP) is 4.31. The molecule has 1 atom stereocenters. The maximum Gasteiger partial charge on any atom is 0.234 e. The van der Waals surface area contributed by atoms with Gasteiger partial charge in [0.05, 0.1) is 12.9 Å². The molecule has 3 aromatic rings. The number of ether oxygens (including phenoxy) is 2. The van der Waals surface area contributed by atoms with Gasteiger partial charge in [0, 0.05) is 12.7 Å². The molecule has 0 spiro atoms. The molecule has 0 saturated heterocycles. The highest BCUT2D eigenvalue weighted by Gasteiger charge is 2.19. The lowest BCUT2D eigenvalue weighted by atomic mass is 10.1. The smallest absolute Gasteiger partial charge is 0.234 e. The topological polar surface area (TPSA) is 78.3 Å². The molecule has 0 saturated carbocycles. The van der Waals surface area contributed by atoms with Crippen LogP contribution >= 0.6 is 11.8 Å². The van der Waals surface area contributed by atoms with Gasteiger partial charge in [-0.25, -0.2) is 0 Å². The minimum atomic E-state index is -0.336. The van der Waals surface area contributed by atoms with E-state index in [0.717, 1.165) is 16.8 Å². The van der Waals surface area contributed by atoms with Crippen molar-refractivity contribution in [2.24, 2.45) is 7.05 Å². The van der Waals surface area contributed by atoms with E-state index >= 15 is 0 Å². The second kappa shape index (κ2) is 9.67. The lowest BCUT2D eigenvalue weighted by Crippen LogP contribution is -2.16. The van der Waals surface area contributed by atoms with Crippen LogP contribution in [0.1, 0.15) is 30.0 Å². The first-order chi connectivity index (χ1) is 14.4. The second-order valence-electron chi connectivity index (χ2n) is 6.91. The molecule has 1 amide bonds. The summed E-state index contributed by atoms with van der Waals surface area (Å²) in [7, 11) is 3.47. The number of anilines is 1. The number of carbonyl (C=O) groups is 1. The van der Waals surface area contributed by atoms with Crippen molar-refractivity contribution in [1.82, 2.24) is 14.8 Å². The third-order valence-corrected chi connectivity index (χ3v) is 5.70. The summed E-state index contributed by atoms with van der Waals surface area (Å²) < 4.78 is 13.2. The molecule has 0 aliphatic rings. The molecule has 2 aromatic carbocycles. The van der Waals surface area contributed by atoms with Crippen molar-refractivity contribution in [2.45, 2.75) is 32.0 Å². The van der Waals surface area contributed by atoms with E-state index in [9.17, 15) is 4.79 Å². The standard InChI is InChI=1S/C22H26N4O3S/c1-14-9-8-10-15(2)20(14)23-19(27)13-30-22-25-24-21(26(22)4)16(3)29-18-12-7-6-11-17(18)28-5/h6-12,16H,13H2,1-5H3,(H,23,27). The Balaban J connectivity index is 1.63. The number of aromatic nitrogens is 3. The lowest BCUT2D eigenvalue weighted by Gasteiger charge is -2.16. The van der Waals surface area contributed by atoms with Gasteiger partial charge in [-0.05, 0) is 44.0 Å². The average Bonchev–Trinajstić information content (AvgIpc) is 3.10. The minimum absolute atomic E-state index is 0.0831. The molecule has 1 aromatic heterocycles. The number of nitrogens with zero attached hydrogens (tertiary/aromatic N) is 3. The fraction of sp³-hybridized carbons (Fsp3) is 0.318. The first kappa shape index (κ1) is 21.7. The number of amides is 1. The van der Waals surface area contributed by atoms with Crippen LogP contribution in [-0.4, -0.2) is 33.5 Å². The summed E-state index contributed by atoms with van der Waals surface area (Å²) in [5.74, 6) is 2.11. The Morgan fingerprint density at radius 3 is 2.43 bits per heavy atom. The van der Waals surface area contributed by atoms with Crippen LogP contribution in [0.4, 0.5) is 5.69 Å². The van der Waals surface area contributed by atoms with E-state index in [4.69, 9.17) is 9.47 Å². The van der Waals surface area contributed by atoms with Gasteiger partial charge in [0.2, 0.25) is 5.91 Å². The number of para-hydroxylation sites is 3. The number of nitrogens with one attached hydrogen (secondary N) is 1. The highest BCUT2D eigenvalue weighted by atomic mass is 32.2. The molecule has 0 bridgehead atoms. The fourth-order valence-electron chi connectivity index (χ4n) is 3.08. The Kier molecular flexibility index (Phi) is 6.99. The molecule has 0 aliphatic heterocycles. The third kappa shape index (κ3) is 4.94. The normalized spacial score (nSPS) is 11.8. The van der Waals surface area contributed by atoms with E-state index < -0.39 is 0 Å². The zero-order chi connectivity index (χ0) is 21.7. The number of thioether (sulfide) groups is 1. The minimum Gasteiger partial charge on any atom is -0.493 e. The van der Waals surface area contributed by atoms with Crippen LogP contribution in [0.5, 0.6) is 11.5 Å². The van der Waals surface area contributed by atoms with E-state index in [-0.39, 0.29) is 17.8 Å². The maximum absolute atomic E-state index is 12.4. The molecule has 0 aliphatic carbocycles. The molecule has 1 N–H and O–H groups in total. The molecule has 1 unspecified atom stereocenters. The lowest BCUT2D eigenvalue weighted by molar-refractivity contribution is -0.113. The molecule has 30 heavy (non-hydrogen) atoms.